The molecule has 1 atom stereocenters. The van der Waals surface area contributed by atoms with Crippen LogP contribution in [0.1, 0.15) is 25.0 Å². The number of nitrogens with one attached hydrogen (secondary N) is 2. The van der Waals surface area contributed by atoms with Gasteiger partial charge in [0.05, 0.1) is 18.8 Å². The molecule has 1 aromatic heterocycles. The Balaban J connectivity index is 1.68. The third-order valence-corrected chi connectivity index (χ3v) is 4.65. The van der Waals surface area contributed by atoms with Crippen LogP contribution in [0.2, 0.25) is 0 Å². The number of aromatic nitrogens is 1. The Bertz CT molecular complexity index is 924. The van der Waals surface area contributed by atoms with E-state index in [1.54, 1.807) is 13.1 Å². The van der Waals surface area contributed by atoms with Crippen molar-refractivity contribution in [3.8, 4) is 11.3 Å². The van der Waals surface area contributed by atoms with Crippen molar-refractivity contribution in [2.45, 2.75) is 26.0 Å². The summed E-state index contributed by atoms with van der Waals surface area (Å²) < 4.78 is 0. The van der Waals surface area contributed by atoms with E-state index in [9.17, 15) is 5.11 Å². The molecule has 0 aliphatic carbocycles. The van der Waals surface area contributed by atoms with Crippen molar-refractivity contribution >= 4 is 5.96 Å². The van der Waals surface area contributed by atoms with Crippen molar-refractivity contribution in [1.82, 2.24) is 15.6 Å². The summed E-state index contributed by atoms with van der Waals surface area (Å²) in [7, 11) is 0. The van der Waals surface area contributed by atoms with Crippen molar-refractivity contribution in [1.29, 1.82) is 0 Å². The number of guanidine groups is 1. The molecule has 0 amide bonds. The molecule has 0 saturated heterocycles. The fourth-order valence-corrected chi connectivity index (χ4v) is 3.03. The number of pyridine rings is 1. The molecule has 0 aliphatic heterocycles. The third-order valence-electron chi connectivity index (χ3n) is 4.65. The number of rotatable bonds is 7. The highest BCUT2D eigenvalue weighted by atomic mass is 16.3. The Labute approximate surface area is 172 Å². The van der Waals surface area contributed by atoms with Gasteiger partial charge in [-0.25, -0.2) is 4.99 Å². The minimum absolute atomic E-state index is 0.358. The van der Waals surface area contributed by atoms with Gasteiger partial charge in [-0.2, -0.15) is 0 Å². The van der Waals surface area contributed by atoms with E-state index in [1.807, 2.05) is 61.5 Å². The molecular weight excluding hydrogens is 360 g/mol. The van der Waals surface area contributed by atoms with Gasteiger partial charge < -0.3 is 15.7 Å². The molecule has 1 unspecified atom stereocenters. The first-order valence-electron chi connectivity index (χ1n) is 9.89. The minimum atomic E-state index is -0.990. The van der Waals surface area contributed by atoms with Crippen LogP contribution in [-0.2, 0) is 12.1 Å². The van der Waals surface area contributed by atoms with Crippen LogP contribution in [-0.4, -0.2) is 29.1 Å². The average molecular weight is 389 g/mol. The van der Waals surface area contributed by atoms with Gasteiger partial charge in [0.25, 0.3) is 0 Å². The monoisotopic (exact) mass is 388 g/mol. The maximum absolute atomic E-state index is 10.8. The van der Waals surface area contributed by atoms with Gasteiger partial charge in [-0.15, -0.1) is 0 Å². The van der Waals surface area contributed by atoms with E-state index >= 15 is 0 Å². The fraction of sp³-hybridized carbons (Fsp3) is 0.250. The molecule has 0 radical (unpaired) electrons. The molecule has 2 aromatic carbocycles. The van der Waals surface area contributed by atoms with Crippen LogP contribution in [0.25, 0.3) is 11.3 Å². The van der Waals surface area contributed by atoms with Crippen molar-refractivity contribution in [3.05, 3.63) is 90.1 Å². The maximum Gasteiger partial charge on any atom is 0.191 e. The summed E-state index contributed by atoms with van der Waals surface area (Å²) in [6, 6.07) is 23.8. The van der Waals surface area contributed by atoms with E-state index in [4.69, 9.17) is 0 Å². The minimum Gasteiger partial charge on any atom is -0.384 e. The van der Waals surface area contributed by atoms with E-state index in [-0.39, 0.29) is 0 Å². The summed E-state index contributed by atoms with van der Waals surface area (Å²) >= 11 is 0. The Morgan fingerprint density at radius 2 is 1.79 bits per heavy atom. The molecule has 29 heavy (non-hydrogen) atoms. The molecule has 0 bridgehead atoms. The lowest BCUT2D eigenvalue weighted by Crippen LogP contribution is -2.44. The number of hydrogen-bond acceptors (Lipinski definition) is 3. The van der Waals surface area contributed by atoms with Crippen LogP contribution < -0.4 is 10.6 Å². The van der Waals surface area contributed by atoms with Gasteiger partial charge in [0.2, 0.25) is 0 Å². The van der Waals surface area contributed by atoms with Crippen molar-refractivity contribution in [2.24, 2.45) is 4.99 Å². The summed E-state index contributed by atoms with van der Waals surface area (Å²) in [4.78, 5) is 9.09. The molecule has 0 fully saturated rings. The number of hydrogen-bond donors (Lipinski definition) is 3. The van der Waals surface area contributed by atoms with Gasteiger partial charge in [-0.3, -0.25) is 4.98 Å². The zero-order chi connectivity index (χ0) is 20.5. The summed E-state index contributed by atoms with van der Waals surface area (Å²) in [6.07, 6.45) is 1.80. The Hall–Kier alpha value is -3.18. The Morgan fingerprint density at radius 3 is 2.52 bits per heavy atom. The largest absolute Gasteiger partial charge is 0.384 e. The second kappa shape index (κ2) is 9.85. The molecule has 3 rings (SSSR count). The molecule has 150 valence electrons. The van der Waals surface area contributed by atoms with Crippen LogP contribution >= 0.6 is 0 Å². The van der Waals surface area contributed by atoms with Gasteiger partial charge in [-0.1, -0.05) is 54.6 Å². The molecule has 5 heteroatoms. The van der Waals surface area contributed by atoms with E-state index < -0.39 is 5.60 Å². The SMILES string of the molecule is CCNC(=NCc1cccc(-c2ccccn2)c1)NCC(C)(O)c1ccccc1. The van der Waals surface area contributed by atoms with Crippen LogP contribution in [0.3, 0.4) is 0 Å². The molecule has 0 spiro atoms. The third kappa shape index (κ3) is 5.90. The normalized spacial score (nSPS) is 13.6. The Morgan fingerprint density at radius 1 is 1.00 bits per heavy atom. The summed E-state index contributed by atoms with van der Waals surface area (Å²) in [5.41, 5.74) is 2.99. The quantitative estimate of drug-likeness (QED) is 0.426. The predicted molar refractivity (Wildman–Crippen MR) is 119 cm³/mol. The predicted octanol–water partition coefficient (Wildman–Crippen LogP) is 3.71. The lowest BCUT2D eigenvalue weighted by molar-refractivity contribution is 0.0617. The smallest absolute Gasteiger partial charge is 0.191 e. The van der Waals surface area contributed by atoms with Crippen molar-refractivity contribution in [3.63, 3.8) is 0 Å². The Kier molecular flexibility index (Phi) is 6.98. The van der Waals surface area contributed by atoms with E-state index in [2.05, 4.69) is 38.8 Å². The van der Waals surface area contributed by atoms with Crippen LogP contribution in [0.4, 0.5) is 0 Å². The summed E-state index contributed by atoms with van der Waals surface area (Å²) in [5.74, 6) is 0.673. The molecule has 0 aliphatic rings. The second-order valence-corrected chi connectivity index (χ2v) is 7.10. The highest BCUT2D eigenvalue weighted by Crippen LogP contribution is 2.19. The lowest BCUT2D eigenvalue weighted by Gasteiger charge is -2.25. The first-order valence-corrected chi connectivity index (χ1v) is 9.89. The van der Waals surface area contributed by atoms with E-state index in [0.29, 0.717) is 19.0 Å². The highest BCUT2D eigenvalue weighted by molar-refractivity contribution is 5.79. The van der Waals surface area contributed by atoms with Crippen LogP contribution in [0.15, 0.2) is 84.0 Å². The average Bonchev–Trinajstić information content (AvgIpc) is 2.77. The van der Waals surface area contributed by atoms with Crippen molar-refractivity contribution in [2.75, 3.05) is 13.1 Å². The summed E-state index contributed by atoms with van der Waals surface area (Å²) in [6.45, 7) is 5.46. The van der Waals surface area contributed by atoms with Gasteiger partial charge in [0, 0.05) is 18.3 Å². The van der Waals surface area contributed by atoms with E-state index in [1.165, 1.54) is 0 Å². The zero-order valence-corrected chi connectivity index (χ0v) is 17.0. The maximum atomic E-state index is 10.8. The number of nitrogens with zero attached hydrogens (tertiary/aromatic N) is 2. The molecule has 3 aromatic rings. The molecule has 3 N–H and O–H groups in total. The standard InChI is InChI=1S/C24H28N4O/c1-3-25-23(28-18-24(2,29)21-12-5-4-6-13-21)27-17-19-10-9-11-20(16-19)22-14-7-8-15-26-22/h4-16,29H,3,17-18H2,1-2H3,(H2,25,27,28). The van der Waals surface area contributed by atoms with Crippen molar-refractivity contribution < 1.29 is 5.11 Å². The molecular formula is C24H28N4O. The fourth-order valence-electron chi connectivity index (χ4n) is 3.03. The second-order valence-electron chi connectivity index (χ2n) is 7.10. The van der Waals surface area contributed by atoms with Gasteiger partial charge in [-0.05, 0) is 43.2 Å². The van der Waals surface area contributed by atoms with Gasteiger partial charge in [0.1, 0.15) is 5.60 Å². The lowest BCUT2D eigenvalue weighted by atomic mass is 9.96. The molecule has 0 saturated carbocycles. The molecule has 5 nitrogen and oxygen atoms in total. The number of aliphatic hydroxyl groups is 1. The topological polar surface area (TPSA) is 69.5 Å². The first kappa shape index (κ1) is 20.6. The highest BCUT2D eigenvalue weighted by Gasteiger charge is 2.22. The van der Waals surface area contributed by atoms with Gasteiger partial charge >= 0.3 is 0 Å². The van der Waals surface area contributed by atoms with Crippen LogP contribution in [0.5, 0.6) is 0 Å². The van der Waals surface area contributed by atoms with Crippen LogP contribution in [0, 0.1) is 0 Å². The zero-order valence-electron chi connectivity index (χ0n) is 17.0. The number of aliphatic imine (C=N–C) groups is 1. The molecule has 1 heterocycles. The summed E-state index contributed by atoms with van der Waals surface area (Å²) in [5, 5.41) is 17.3. The van der Waals surface area contributed by atoms with Gasteiger partial charge in [0.15, 0.2) is 5.96 Å². The van der Waals surface area contributed by atoms with E-state index in [0.717, 1.165) is 28.9 Å². The number of benzene rings is 2. The first-order chi connectivity index (χ1) is 14.1.